The quantitative estimate of drug-likeness (QED) is 0.863. The van der Waals surface area contributed by atoms with Crippen LogP contribution in [0.3, 0.4) is 0 Å². The third-order valence-corrected chi connectivity index (χ3v) is 4.33. The van der Waals surface area contributed by atoms with E-state index < -0.39 is 0 Å². The lowest BCUT2D eigenvalue weighted by molar-refractivity contribution is -0.131. The van der Waals surface area contributed by atoms with Crippen LogP contribution in [0.5, 0.6) is 0 Å². The van der Waals surface area contributed by atoms with Crippen LogP contribution in [0.15, 0.2) is 16.8 Å². The number of rotatable bonds is 6. The number of H-pyrrole nitrogens is 1. The Kier molecular flexibility index (Phi) is 4.94. The third-order valence-electron chi connectivity index (χ3n) is 4.33. The zero-order valence-corrected chi connectivity index (χ0v) is 14.4. The van der Waals surface area contributed by atoms with Crippen LogP contribution in [-0.2, 0) is 17.9 Å². The first-order valence-corrected chi connectivity index (χ1v) is 8.33. The number of likely N-dealkylation sites (tertiary alicyclic amines) is 1. The molecule has 0 spiro atoms. The van der Waals surface area contributed by atoms with E-state index in [1.165, 1.54) is 0 Å². The van der Waals surface area contributed by atoms with Gasteiger partial charge in [-0.15, -0.1) is 0 Å². The Morgan fingerprint density at radius 3 is 3.00 bits per heavy atom. The van der Waals surface area contributed by atoms with Gasteiger partial charge in [-0.05, 0) is 12.5 Å². The standard InChI is InChI=1S/C16H24N6O2/c1-11(2)16-18-15(20-24-16)10-22(12(3)23)14-5-7-21(9-14)8-13-4-6-17-19-13/h4,6,11,14H,5,7-10H2,1-3H3,(H,17,19). The summed E-state index contributed by atoms with van der Waals surface area (Å²) in [5.74, 6) is 1.41. The highest BCUT2D eigenvalue weighted by Gasteiger charge is 2.30. The summed E-state index contributed by atoms with van der Waals surface area (Å²) in [6.07, 6.45) is 2.70. The van der Waals surface area contributed by atoms with E-state index in [1.54, 1.807) is 13.1 Å². The van der Waals surface area contributed by atoms with E-state index in [2.05, 4.69) is 25.2 Å². The lowest BCUT2D eigenvalue weighted by Gasteiger charge is -2.26. The first-order valence-electron chi connectivity index (χ1n) is 8.33. The Morgan fingerprint density at radius 2 is 2.38 bits per heavy atom. The molecule has 24 heavy (non-hydrogen) atoms. The Balaban J connectivity index is 1.62. The van der Waals surface area contributed by atoms with Crippen molar-refractivity contribution < 1.29 is 9.32 Å². The molecule has 0 aliphatic carbocycles. The minimum absolute atomic E-state index is 0.0410. The molecule has 1 atom stereocenters. The first-order chi connectivity index (χ1) is 11.5. The number of aromatic nitrogens is 4. The van der Waals surface area contributed by atoms with Gasteiger partial charge in [0.2, 0.25) is 11.8 Å². The summed E-state index contributed by atoms with van der Waals surface area (Å²) in [6, 6.07) is 2.15. The van der Waals surface area contributed by atoms with Gasteiger partial charge in [-0.25, -0.2) is 0 Å². The summed E-state index contributed by atoms with van der Waals surface area (Å²) in [4.78, 5) is 20.7. The summed E-state index contributed by atoms with van der Waals surface area (Å²) >= 11 is 0. The van der Waals surface area contributed by atoms with Crippen LogP contribution >= 0.6 is 0 Å². The maximum absolute atomic E-state index is 12.1. The van der Waals surface area contributed by atoms with Gasteiger partial charge in [0.15, 0.2) is 5.82 Å². The second kappa shape index (κ2) is 7.12. The molecule has 3 rings (SSSR count). The topological polar surface area (TPSA) is 91.2 Å². The summed E-state index contributed by atoms with van der Waals surface area (Å²) < 4.78 is 5.24. The van der Waals surface area contributed by atoms with Crippen molar-refractivity contribution in [3.63, 3.8) is 0 Å². The van der Waals surface area contributed by atoms with Crippen LogP contribution in [0.1, 0.15) is 50.5 Å². The van der Waals surface area contributed by atoms with Gasteiger partial charge in [-0.1, -0.05) is 19.0 Å². The molecule has 8 nitrogen and oxygen atoms in total. The van der Waals surface area contributed by atoms with Gasteiger partial charge in [0.25, 0.3) is 0 Å². The van der Waals surface area contributed by atoms with Gasteiger partial charge in [0, 0.05) is 50.4 Å². The average molecular weight is 332 g/mol. The van der Waals surface area contributed by atoms with Crippen molar-refractivity contribution in [3.05, 3.63) is 29.7 Å². The summed E-state index contributed by atoms with van der Waals surface area (Å²) in [6.45, 7) is 8.62. The molecule has 3 heterocycles. The monoisotopic (exact) mass is 332 g/mol. The molecule has 2 aromatic heterocycles. The Hall–Kier alpha value is -2.22. The van der Waals surface area contributed by atoms with Gasteiger partial charge in [-0.2, -0.15) is 10.1 Å². The number of amides is 1. The van der Waals surface area contributed by atoms with Crippen molar-refractivity contribution in [2.75, 3.05) is 13.1 Å². The lowest BCUT2D eigenvalue weighted by Crippen LogP contribution is -2.40. The molecule has 1 fully saturated rings. The number of aromatic amines is 1. The lowest BCUT2D eigenvalue weighted by atomic mass is 10.2. The Morgan fingerprint density at radius 1 is 1.54 bits per heavy atom. The van der Waals surface area contributed by atoms with Gasteiger partial charge in [0.05, 0.1) is 6.54 Å². The maximum atomic E-state index is 12.1. The highest BCUT2D eigenvalue weighted by Crippen LogP contribution is 2.20. The summed E-state index contributed by atoms with van der Waals surface area (Å²) in [7, 11) is 0. The van der Waals surface area contributed by atoms with Crippen molar-refractivity contribution in [1.82, 2.24) is 30.1 Å². The third kappa shape index (κ3) is 3.81. The number of nitrogens with one attached hydrogen (secondary N) is 1. The van der Waals surface area contributed by atoms with Gasteiger partial charge in [-0.3, -0.25) is 14.8 Å². The van der Waals surface area contributed by atoms with Crippen molar-refractivity contribution in [2.24, 2.45) is 0 Å². The van der Waals surface area contributed by atoms with Crippen molar-refractivity contribution in [3.8, 4) is 0 Å². The smallest absolute Gasteiger partial charge is 0.229 e. The van der Waals surface area contributed by atoms with E-state index in [9.17, 15) is 4.79 Å². The van der Waals surface area contributed by atoms with E-state index in [4.69, 9.17) is 4.52 Å². The van der Waals surface area contributed by atoms with Gasteiger partial charge < -0.3 is 9.42 Å². The van der Waals surface area contributed by atoms with Gasteiger partial charge in [0.1, 0.15) is 0 Å². The molecule has 1 unspecified atom stereocenters. The fourth-order valence-electron chi connectivity index (χ4n) is 3.04. The van der Waals surface area contributed by atoms with E-state index in [0.717, 1.165) is 31.7 Å². The number of carbonyl (C=O) groups is 1. The van der Waals surface area contributed by atoms with Crippen molar-refractivity contribution in [2.45, 2.75) is 52.2 Å². The molecule has 0 radical (unpaired) electrons. The molecule has 1 aliphatic rings. The number of hydrogen-bond acceptors (Lipinski definition) is 6. The molecule has 0 aromatic carbocycles. The van der Waals surface area contributed by atoms with Crippen LogP contribution in [0.4, 0.5) is 0 Å². The molecule has 2 aromatic rings. The van der Waals surface area contributed by atoms with E-state index in [1.807, 2.05) is 24.8 Å². The van der Waals surface area contributed by atoms with E-state index in [-0.39, 0.29) is 17.9 Å². The van der Waals surface area contributed by atoms with Crippen molar-refractivity contribution >= 4 is 5.91 Å². The van der Waals surface area contributed by atoms with Crippen molar-refractivity contribution in [1.29, 1.82) is 0 Å². The number of nitrogens with zero attached hydrogens (tertiary/aromatic N) is 5. The largest absolute Gasteiger partial charge is 0.339 e. The average Bonchev–Trinajstić information content (AvgIpc) is 3.26. The molecule has 0 bridgehead atoms. The predicted octanol–water partition coefficient (Wildman–Crippen LogP) is 1.54. The van der Waals surface area contributed by atoms with Crippen LogP contribution < -0.4 is 0 Å². The maximum Gasteiger partial charge on any atom is 0.229 e. The fourth-order valence-corrected chi connectivity index (χ4v) is 3.04. The van der Waals surface area contributed by atoms with E-state index in [0.29, 0.717) is 18.3 Å². The highest BCUT2D eigenvalue weighted by atomic mass is 16.5. The fraction of sp³-hybridized carbons (Fsp3) is 0.625. The molecule has 1 amide bonds. The molecule has 0 saturated carbocycles. The first kappa shape index (κ1) is 16.6. The molecule has 8 heteroatoms. The number of carbonyl (C=O) groups excluding carboxylic acids is 1. The second-order valence-electron chi connectivity index (χ2n) is 6.61. The molecular formula is C16H24N6O2. The van der Waals surface area contributed by atoms with Crippen LogP contribution in [0.2, 0.25) is 0 Å². The Bertz CT molecular complexity index is 666. The molecule has 1 saturated heterocycles. The van der Waals surface area contributed by atoms with Crippen LogP contribution in [-0.4, -0.2) is 55.2 Å². The zero-order chi connectivity index (χ0) is 17.1. The highest BCUT2D eigenvalue weighted by molar-refractivity contribution is 5.73. The molecular weight excluding hydrogens is 308 g/mol. The molecule has 1 N–H and O–H groups in total. The van der Waals surface area contributed by atoms with E-state index >= 15 is 0 Å². The van der Waals surface area contributed by atoms with Crippen LogP contribution in [0.25, 0.3) is 0 Å². The minimum atomic E-state index is 0.0410. The minimum Gasteiger partial charge on any atom is -0.339 e. The molecule has 130 valence electrons. The van der Waals surface area contributed by atoms with Crippen LogP contribution in [0, 0.1) is 0 Å². The SMILES string of the molecule is CC(=O)N(Cc1noc(C(C)C)n1)C1CCN(Cc2ccn[nH]2)C1. The predicted molar refractivity (Wildman–Crippen MR) is 86.9 cm³/mol. The number of hydrogen-bond donors (Lipinski definition) is 1. The molecule has 1 aliphatic heterocycles. The normalized spacial score (nSPS) is 18.4. The summed E-state index contributed by atoms with van der Waals surface area (Å²) in [5.41, 5.74) is 1.09. The van der Waals surface area contributed by atoms with Gasteiger partial charge >= 0.3 is 0 Å². The summed E-state index contributed by atoms with van der Waals surface area (Å²) in [5, 5.41) is 11.0. The zero-order valence-electron chi connectivity index (χ0n) is 14.4. The Labute approximate surface area is 141 Å². The second-order valence-corrected chi connectivity index (χ2v) is 6.61.